The van der Waals surface area contributed by atoms with Crippen molar-refractivity contribution >= 4 is 0 Å². The highest BCUT2D eigenvalue weighted by Gasteiger charge is 2.15. The van der Waals surface area contributed by atoms with Gasteiger partial charge in [-0.3, -0.25) is 10.3 Å². The van der Waals surface area contributed by atoms with Crippen molar-refractivity contribution in [1.29, 1.82) is 0 Å². The fraction of sp³-hybridized carbons (Fsp3) is 0.429. The summed E-state index contributed by atoms with van der Waals surface area (Å²) >= 11 is 0. The third-order valence-electron chi connectivity index (χ3n) is 1.34. The van der Waals surface area contributed by atoms with Gasteiger partial charge in [0.05, 0.1) is 6.61 Å². The standard InChI is InChI=1S/C7H11NO/c1-3-4-7-5-9-8-6(7)2/h3-4,7-8H,2,5H2,1H3/b4-3-. The molecule has 0 amide bonds. The molecule has 2 heteroatoms. The summed E-state index contributed by atoms with van der Waals surface area (Å²) in [4.78, 5) is 4.92. The third-order valence-corrected chi connectivity index (χ3v) is 1.34. The van der Waals surface area contributed by atoms with Gasteiger partial charge in [0.15, 0.2) is 0 Å². The maximum Gasteiger partial charge on any atom is 0.0863 e. The minimum atomic E-state index is 0.370. The Hall–Kier alpha value is -0.760. The van der Waals surface area contributed by atoms with Gasteiger partial charge < -0.3 is 0 Å². The average molecular weight is 125 g/mol. The van der Waals surface area contributed by atoms with Gasteiger partial charge in [-0.1, -0.05) is 18.7 Å². The van der Waals surface area contributed by atoms with Gasteiger partial charge in [-0.2, -0.15) is 0 Å². The van der Waals surface area contributed by atoms with Gasteiger partial charge in [-0.15, -0.1) is 0 Å². The van der Waals surface area contributed by atoms with E-state index in [-0.39, 0.29) is 0 Å². The van der Waals surface area contributed by atoms with Crippen molar-refractivity contribution in [1.82, 2.24) is 5.48 Å². The maximum atomic E-state index is 4.92. The quantitative estimate of drug-likeness (QED) is 0.532. The van der Waals surface area contributed by atoms with Crippen LogP contribution in [0.2, 0.25) is 0 Å². The molecule has 0 aromatic rings. The van der Waals surface area contributed by atoms with Crippen molar-refractivity contribution in [2.24, 2.45) is 5.92 Å². The summed E-state index contributed by atoms with van der Waals surface area (Å²) in [5.74, 6) is 0.370. The topological polar surface area (TPSA) is 21.3 Å². The molecular weight excluding hydrogens is 114 g/mol. The SMILES string of the molecule is C=C1NOCC1/C=C\C. The van der Waals surface area contributed by atoms with Crippen LogP contribution in [0.5, 0.6) is 0 Å². The molecule has 0 saturated carbocycles. The predicted octanol–water partition coefficient (Wildman–Crippen LogP) is 1.23. The molecule has 1 N–H and O–H groups in total. The Bertz CT molecular complexity index is 140. The Kier molecular flexibility index (Phi) is 1.90. The first kappa shape index (κ1) is 6.36. The van der Waals surface area contributed by atoms with Gasteiger partial charge in [0.25, 0.3) is 0 Å². The lowest BCUT2D eigenvalue weighted by molar-refractivity contribution is 0.107. The van der Waals surface area contributed by atoms with Crippen molar-refractivity contribution in [3.63, 3.8) is 0 Å². The van der Waals surface area contributed by atoms with Crippen LogP contribution in [0.15, 0.2) is 24.4 Å². The summed E-state index contributed by atoms with van der Waals surface area (Å²) < 4.78 is 0. The van der Waals surface area contributed by atoms with E-state index < -0.39 is 0 Å². The van der Waals surface area contributed by atoms with Crippen LogP contribution in [-0.2, 0) is 4.84 Å². The highest BCUT2D eigenvalue weighted by Crippen LogP contribution is 2.13. The number of hydrogen-bond acceptors (Lipinski definition) is 2. The first-order valence-corrected chi connectivity index (χ1v) is 3.04. The molecule has 0 radical (unpaired) electrons. The molecule has 0 aromatic carbocycles. The lowest BCUT2D eigenvalue weighted by Crippen LogP contribution is -2.01. The Balaban J connectivity index is 2.49. The van der Waals surface area contributed by atoms with Gasteiger partial charge in [-0.05, 0) is 6.92 Å². The molecule has 0 aromatic heterocycles. The Labute approximate surface area is 55.2 Å². The van der Waals surface area contributed by atoms with E-state index in [0.717, 1.165) is 5.70 Å². The highest BCUT2D eigenvalue weighted by molar-refractivity contribution is 5.08. The zero-order valence-corrected chi connectivity index (χ0v) is 5.55. The molecule has 0 bridgehead atoms. The van der Waals surface area contributed by atoms with Crippen LogP contribution in [0.4, 0.5) is 0 Å². The van der Waals surface area contributed by atoms with Crippen molar-refractivity contribution in [2.75, 3.05) is 6.61 Å². The molecule has 0 aliphatic carbocycles. The van der Waals surface area contributed by atoms with Crippen molar-refractivity contribution in [2.45, 2.75) is 6.92 Å². The van der Waals surface area contributed by atoms with Crippen molar-refractivity contribution in [3.8, 4) is 0 Å². The van der Waals surface area contributed by atoms with Gasteiger partial charge in [0, 0.05) is 11.6 Å². The number of hydrogen-bond donors (Lipinski definition) is 1. The molecule has 2 nitrogen and oxygen atoms in total. The zero-order chi connectivity index (χ0) is 6.69. The van der Waals surface area contributed by atoms with E-state index in [4.69, 9.17) is 4.84 Å². The molecule has 1 saturated heterocycles. The summed E-state index contributed by atoms with van der Waals surface area (Å²) in [6.45, 7) is 6.47. The van der Waals surface area contributed by atoms with Crippen LogP contribution in [0.25, 0.3) is 0 Å². The zero-order valence-electron chi connectivity index (χ0n) is 5.55. The monoisotopic (exact) mass is 125 g/mol. The van der Waals surface area contributed by atoms with Gasteiger partial charge in [0.1, 0.15) is 0 Å². The van der Waals surface area contributed by atoms with E-state index in [1.54, 1.807) is 0 Å². The van der Waals surface area contributed by atoms with Gasteiger partial charge in [-0.25, -0.2) is 0 Å². The van der Waals surface area contributed by atoms with Crippen LogP contribution >= 0.6 is 0 Å². The second kappa shape index (κ2) is 2.69. The third kappa shape index (κ3) is 1.33. The van der Waals surface area contributed by atoms with Crippen LogP contribution in [0.3, 0.4) is 0 Å². The summed E-state index contributed by atoms with van der Waals surface area (Å²) in [6, 6.07) is 0. The summed E-state index contributed by atoms with van der Waals surface area (Å²) in [6.07, 6.45) is 4.08. The second-order valence-electron chi connectivity index (χ2n) is 2.07. The van der Waals surface area contributed by atoms with E-state index in [2.05, 4.69) is 18.1 Å². The summed E-state index contributed by atoms with van der Waals surface area (Å²) in [7, 11) is 0. The Morgan fingerprint density at radius 2 is 2.67 bits per heavy atom. The first-order chi connectivity index (χ1) is 4.34. The molecule has 50 valence electrons. The molecule has 1 aliphatic heterocycles. The smallest absolute Gasteiger partial charge is 0.0863 e. The van der Waals surface area contributed by atoms with Crippen LogP contribution in [0.1, 0.15) is 6.92 Å². The van der Waals surface area contributed by atoms with E-state index in [0.29, 0.717) is 12.5 Å². The molecule has 1 aliphatic rings. The molecular formula is C7H11NO. The first-order valence-electron chi connectivity index (χ1n) is 3.04. The second-order valence-corrected chi connectivity index (χ2v) is 2.07. The van der Waals surface area contributed by atoms with Crippen LogP contribution < -0.4 is 5.48 Å². The molecule has 1 atom stereocenters. The van der Waals surface area contributed by atoms with Crippen LogP contribution in [-0.4, -0.2) is 6.61 Å². The van der Waals surface area contributed by atoms with E-state index in [9.17, 15) is 0 Å². The molecule has 1 rings (SSSR count). The van der Waals surface area contributed by atoms with Crippen LogP contribution in [0, 0.1) is 5.92 Å². The molecule has 1 unspecified atom stereocenters. The van der Waals surface area contributed by atoms with Crippen molar-refractivity contribution < 1.29 is 4.84 Å². The predicted molar refractivity (Wildman–Crippen MR) is 36.5 cm³/mol. The summed E-state index contributed by atoms with van der Waals surface area (Å²) in [5, 5.41) is 0. The fourth-order valence-electron chi connectivity index (χ4n) is 0.804. The van der Waals surface area contributed by atoms with Gasteiger partial charge in [0.2, 0.25) is 0 Å². The summed E-state index contributed by atoms with van der Waals surface area (Å²) in [5.41, 5.74) is 3.66. The highest BCUT2D eigenvalue weighted by atomic mass is 16.7. The Morgan fingerprint density at radius 1 is 1.89 bits per heavy atom. The lowest BCUT2D eigenvalue weighted by Gasteiger charge is -1.97. The number of allylic oxidation sites excluding steroid dienone is 1. The number of hydroxylamine groups is 1. The minimum Gasteiger partial charge on any atom is -0.275 e. The van der Waals surface area contributed by atoms with E-state index in [1.807, 2.05) is 13.0 Å². The lowest BCUT2D eigenvalue weighted by atomic mass is 10.1. The largest absolute Gasteiger partial charge is 0.275 e. The van der Waals surface area contributed by atoms with Crippen molar-refractivity contribution in [3.05, 3.63) is 24.4 Å². The Morgan fingerprint density at radius 3 is 3.11 bits per heavy atom. The molecule has 9 heavy (non-hydrogen) atoms. The minimum absolute atomic E-state index is 0.370. The molecule has 0 spiro atoms. The number of nitrogens with one attached hydrogen (secondary N) is 1. The maximum absolute atomic E-state index is 4.92. The number of rotatable bonds is 1. The molecule has 1 heterocycles. The fourth-order valence-corrected chi connectivity index (χ4v) is 0.804. The normalized spacial score (nSPS) is 27.2. The van der Waals surface area contributed by atoms with E-state index in [1.165, 1.54) is 0 Å². The van der Waals surface area contributed by atoms with Gasteiger partial charge >= 0.3 is 0 Å². The average Bonchev–Trinajstić information content (AvgIpc) is 2.18. The molecule has 1 fully saturated rings. The van der Waals surface area contributed by atoms with E-state index >= 15 is 0 Å².